The number of rotatable bonds is 9. The van der Waals surface area contributed by atoms with Crippen molar-refractivity contribution in [2.24, 2.45) is 0 Å². The normalized spacial score (nSPS) is 12.1. The third kappa shape index (κ3) is 7.63. The van der Waals surface area contributed by atoms with E-state index in [0.29, 0.717) is 16.9 Å². The molecule has 67 heavy (non-hydrogen) atoms. The third-order valence-corrected chi connectivity index (χ3v) is 13.0. The Morgan fingerprint density at radius 2 is 0.672 bits per heavy atom. The van der Waals surface area contributed by atoms with Crippen molar-refractivity contribution in [1.82, 2.24) is 0 Å². The van der Waals surface area contributed by atoms with Gasteiger partial charge in [0.05, 0.1) is 5.48 Å². The van der Waals surface area contributed by atoms with Crippen LogP contribution in [0.2, 0.25) is 0 Å². The van der Waals surface area contributed by atoms with Crippen LogP contribution in [-0.2, 0) is 0 Å². The van der Waals surface area contributed by atoms with Crippen molar-refractivity contribution in [2.75, 3.05) is 4.90 Å². The van der Waals surface area contributed by atoms with Gasteiger partial charge in [-0.3, -0.25) is 0 Å². The standard InChI is InChI=1S/C66H45N/c1-2-13-51(14-3-1)65-44-37-52-17-6-9-24-64(52)66(65)54-35-42-59(43-36-54)67(57-38-31-47(32-39-57)46-27-29-53(30-28-46)62-25-11-18-49-15-4-7-22-60(49)62)58-40-33-48(34-41-58)55-20-10-21-56(45-55)63-26-12-19-50-16-5-8-23-61(50)63/h1-45H/i31D,32D,38D,39D. The number of benzene rings is 12. The van der Waals surface area contributed by atoms with E-state index < -0.39 is 0 Å². The molecule has 0 aliphatic carbocycles. The van der Waals surface area contributed by atoms with Gasteiger partial charge in [0.1, 0.15) is 0 Å². The molecule has 0 bridgehead atoms. The van der Waals surface area contributed by atoms with E-state index in [4.69, 9.17) is 0 Å². The molecule has 314 valence electrons. The molecule has 0 unspecified atom stereocenters. The zero-order valence-electron chi connectivity index (χ0n) is 40.6. The number of hydrogen-bond donors (Lipinski definition) is 0. The fourth-order valence-corrected chi connectivity index (χ4v) is 9.63. The Morgan fingerprint density at radius 1 is 0.239 bits per heavy atom. The Morgan fingerprint density at radius 3 is 1.31 bits per heavy atom. The van der Waals surface area contributed by atoms with Crippen LogP contribution in [0.5, 0.6) is 0 Å². The quantitative estimate of drug-likeness (QED) is 0.140. The highest BCUT2D eigenvalue weighted by molar-refractivity contribution is 6.04. The van der Waals surface area contributed by atoms with Crippen molar-refractivity contribution in [2.45, 2.75) is 0 Å². The fraction of sp³-hybridized carbons (Fsp3) is 0. The van der Waals surface area contributed by atoms with Crippen molar-refractivity contribution in [3.05, 3.63) is 273 Å². The van der Waals surface area contributed by atoms with Gasteiger partial charge in [-0.15, -0.1) is 0 Å². The second-order valence-corrected chi connectivity index (χ2v) is 16.9. The molecular formula is C66H45N. The van der Waals surface area contributed by atoms with Gasteiger partial charge >= 0.3 is 0 Å². The van der Waals surface area contributed by atoms with E-state index in [1.165, 1.54) is 16.3 Å². The Kier molecular flexibility index (Phi) is 9.19. The summed E-state index contributed by atoms with van der Waals surface area (Å²) >= 11 is 0. The van der Waals surface area contributed by atoms with Crippen molar-refractivity contribution >= 4 is 49.4 Å². The van der Waals surface area contributed by atoms with Gasteiger partial charge < -0.3 is 4.90 Å². The maximum atomic E-state index is 9.72. The van der Waals surface area contributed by atoms with Gasteiger partial charge in [0, 0.05) is 17.1 Å². The first-order valence-electron chi connectivity index (χ1n) is 24.7. The van der Waals surface area contributed by atoms with Crippen LogP contribution in [0.25, 0.3) is 99.1 Å². The van der Waals surface area contributed by atoms with Gasteiger partial charge in [0.2, 0.25) is 0 Å². The number of fused-ring (bicyclic) bond motifs is 3. The summed E-state index contributed by atoms with van der Waals surface area (Å²) in [4.78, 5) is 1.87. The van der Waals surface area contributed by atoms with Crippen LogP contribution in [0.3, 0.4) is 0 Å². The Balaban J connectivity index is 0.972. The second-order valence-electron chi connectivity index (χ2n) is 16.9. The first-order chi connectivity index (χ1) is 34.9. The molecule has 12 aromatic rings. The lowest BCUT2D eigenvalue weighted by Crippen LogP contribution is -2.09. The molecule has 1 heteroatoms. The molecule has 0 aliphatic heterocycles. The van der Waals surface area contributed by atoms with Gasteiger partial charge in [-0.2, -0.15) is 0 Å². The number of anilines is 3. The smallest absolute Gasteiger partial charge is 0.0645 e. The van der Waals surface area contributed by atoms with E-state index in [0.717, 1.165) is 71.6 Å². The minimum atomic E-state index is -0.129. The van der Waals surface area contributed by atoms with E-state index in [1.807, 2.05) is 71.6 Å². The first-order valence-corrected chi connectivity index (χ1v) is 22.7. The Bertz CT molecular complexity index is 3920. The highest BCUT2D eigenvalue weighted by Crippen LogP contribution is 2.42. The molecule has 0 fully saturated rings. The van der Waals surface area contributed by atoms with E-state index in [-0.39, 0.29) is 35.4 Å². The summed E-state index contributed by atoms with van der Waals surface area (Å²) in [6.07, 6.45) is 0. The minimum Gasteiger partial charge on any atom is -0.311 e. The molecule has 0 N–H and O–H groups in total. The van der Waals surface area contributed by atoms with E-state index in [1.54, 1.807) is 0 Å². The lowest BCUT2D eigenvalue weighted by Gasteiger charge is -2.26. The van der Waals surface area contributed by atoms with Crippen LogP contribution in [0.4, 0.5) is 17.1 Å². The van der Waals surface area contributed by atoms with Crippen LogP contribution in [0.15, 0.2) is 273 Å². The summed E-state index contributed by atoms with van der Waals surface area (Å²) in [6, 6.07) is 85.0. The average molecular weight is 856 g/mol. The van der Waals surface area contributed by atoms with Gasteiger partial charge in [-0.05, 0) is 141 Å². The zero-order chi connectivity index (χ0) is 48.0. The summed E-state index contributed by atoms with van der Waals surface area (Å²) in [5.41, 5.74) is 13.3. The molecule has 12 aromatic carbocycles. The molecule has 0 atom stereocenters. The maximum Gasteiger partial charge on any atom is 0.0645 e. The van der Waals surface area contributed by atoms with Crippen LogP contribution in [-0.4, -0.2) is 0 Å². The molecule has 0 aliphatic rings. The number of hydrogen-bond acceptors (Lipinski definition) is 1. The molecule has 0 aromatic heterocycles. The van der Waals surface area contributed by atoms with E-state index in [9.17, 15) is 5.48 Å². The van der Waals surface area contributed by atoms with Crippen molar-refractivity contribution in [3.8, 4) is 66.8 Å². The fourth-order valence-electron chi connectivity index (χ4n) is 9.63. The molecule has 0 heterocycles. The highest BCUT2D eigenvalue weighted by atomic mass is 15.1. The Labute approximate surface area is 397 Å². The minimum absolute atomic E-state index is 0.106. The SMILES string of the molecule is [2H]c1c([2H])c(N(c2ccc(-c3cccc(-c4cccc5ccccc45)c3)cc2)c2ccc(-c3c(-c4ccccc4)ccc4ccccc34)cc2)c([2H])c([2H])c1-c1ccc(-c2cccc3ccccc23)cc1. The van der Waals surface area contributed by atoms with Crippen molar-refractivity contribution in [3.63, 3.8) is 0 Å². The summed E-state index contributed by atoms with van der Waals surface area (Å²) < 4.78 is 38.5. The van der Waals surface area contributed by atoms with Gasteiger partial charge in [-0.25, -0.2) is 0 Å². The second kappa shape index (κ2) is 17.3. The lowest BCUT2D eigenvalue weighted by atomic mass is 9.89. The topological polar surface area (TPSA) is 3.24 Å². The summed E-state index contributed by atoms with van der Waals surface area (Å²) in [5, 5.41) is 6.96. The van der Waals surface area contributed by atoms with Gasteiger partial charge in [0.25, 0.3) is 0 Å². The van der Waals surface area contributed by atoms with E-state index in [2.05, 4.69) is 182 Å². The van der Waals surface area contributed by atoms with Gasteiger partial charge in [0.15, 0.2) is 0 Å². The predicted molar refractivity (Wildman–Crippen MR) is 286 cm³/mol. The van der Waals surface area contributed by atoms with Crippen molar-refractivity contribution < 1.29 is 5.48 Å². The van der Waals surface area contributed by atoms with Crippen LogP contribution in [0.1, 0.15) is 5.48 Å². The molecule has 0 saturated heterocycles. The zero-order valence-corrected chi connectivity index (χ0v) is 36.6. The van der Waals surface area contributed by atoms with Crippen LogP contribution >= 0.6 is 0 Å². The first kappa shape index (κ1) is 35.6. The molecule has 12 rings (SSSR count). The largest absolute Gasteiger partial charge is 0.311 e. The average Bonchev–Trinajstić information content (AvgIpc) is 3.44. The summed E-state index contributed by atoms with van der Waals surface area (Å²) in [7, 11) is 0. The molecule has 0 spiro atoms. The molecular weight excluding hydrogens is 807 g/mol. The predicted octanol–water partition coefficient (Wildman–Crippen LogP) is 18.6. The Hall–Kier alpha value is -8.78. The third-order valence-electron chi connectivity index (χ3n) is 13.0. The molecule has 1 nitrogen and oxygen atoms in total. The van der Waals surface area contributed by atoms with Gasteiger partial charge in [-0.1, -0.05) is 230 Å². The molecule has 0 radical (unpaired) electrons. The highest BCUT2D eigenvalue weighted by Gasteiger charge is 2.17. The lowest BCUT2D eigenvalue weighted by molar-refractivity contribution is 1.28. The van der Waals surface area contributed by atoms with Crippen molar-refractivity contribution in [1.29, 1.82) is 0 Å². The molecule has 0 amide bonds. The van der Waals surface area contributed by atoms with Crippen LogP contribution in [0, 0.1) is 0 Å². The monoisotopic (exact) mass is 855 g/mol. The maximum absolute atomic E-state index is 9.72. The summed E-state index contributed by atoms with van der Waals surface area (Å²) in [6.45, 7) is 0. The molecule has 0 saturated carbocycles. The number of nitrogens with zero attached hydrogens (tertiary/aromatic N) is 1. The summed E-state index contributed by atoms with van der Waals surface area (Å²) in [5.74, 6) is 0. The van der Waals surface area contributed by atoms with Crippen LogP contribution < -0.4 is 4.90 Å². The van der Waals surface area contributed by atoms with E-state index >= 15 is 0 Å².